The number of hydrogen-bond acceptors (Lipinski definition) is 12. The molecule has 4 rings (SSSR count). The van der Waals surface area contributed by atoms with E-state index in [4.69, 9.17) is 21.1 Å². The normalized spacial score (nSPS) is 14.4. The zero-order chi connectivity index (χ0) is 32.7. The first-order valence-electron chi connectivity index (χ1n) is 14.6. The number of carbonyl (C=O) groups is 3. The first-order chi connectivity index (χ1) is 21.3. The molecule has 2 amide bonds. The molecular weight excluding hydrogens is 620 g/mol. The van der Waals surface area contributed by atoms with Crippen molar-refractivity contribution in [1.29, 1.82) is 0 Å². The molecule has 0 bridgehead atoms. The van der Waals surface area contributed by atoms with E-state index in [2.05, 4.69) is 40.7 Å². The van der Waals surface area contributed by atoms with Gasteiger partial charge in [-0.2, -0.15) is 0 Å². The fraction of sp³-hybridized carbons (Fsp3) is 0.467. The van der Waals surface area contributed by atoms with Crippen LogP contribution in [-0.2, 0) is 14.3 Å². The van der Waals surface area contributed by atoms with Gasteiger partial charge in [-0.3, -0.25) is 9.69 Å². The van der Waals surface area contributed by atoms with Gasteiger partial charge in [-0.25, -0.2) is 24.5 Å². The quantitative estimate of drug-likeness (QED) is 0.258. The Balaban J connectivity index is 1.25. The van der Waals surface area contributed by atoms with Crippen molar-refractivity contribution in [1.82, 2.24) is 25.2 Å². The van der Waals surface area contributed by atoms with Crippen LogP contribution in [0, 0.1) is 13.8 Å². The Hall–Kier alpha value is -4.01. The van der Waals surface area contributed by atoms with E-state index in [1.165, 1.54) is 17.5 Å². The maximum Gasteiger partial charge on any atom is 0.408 e. The maximum atomic E-state index is 12.8. The van der Waals surface area contributed by atoms with Crippen molar-refractivity contribution in [2.24, 2.45) is 0 Å². The minimum atomic E-state index is -0.814. The summed E-state index contributed by atoms with van der Waals surface area (Å²) < 4.78 is 10.5. The molecule has 1 aliphatic heterocycles. The maximum absolute atomic E-state index is 12.8. The van der Waals surface area contributed by atoms with Gasteiger partial charge in [0.2, 0.25) is 0 Å². The van der Waals surface area contributed by atoms with Gasteiger partial charge in [0.1, 0.15) is 40.6 Å². The molecule has 13 nitrogen and oxygen atoms in total. The lowest BCUT2D eigenvalue weighted by Crippen LogP contribution is -2.48. The van der Waals surface area contributed by atoms with Gasteiger partial charge in [-0.1, -0.05) is 35.1 Å². The van der Waals surface area contributed by atoms with Crippen molar-refractivity contribution in [3.05, 3.63) is 51.7 Å². The molecule has 1 saturated heterocycles. The highest BCUT2D eigenvalue weighted by Gasteiger charge is 2.23. The van der Waals surface area contributed by atoms with E-state index in [1.807, 2.05) is 32.0 Å². The van der Waals surface area contributed by atoms with E-state index in [9.17, 15) is 14.4 Å². The molecule has 1 aliphatic rings. The summed E-state index contributed by atoms with van der Waals surface area (Å²) in [5.74, 6) is 1.14. The topological polar surface area (TPSA) is 151 Å². The molecule has 1 atom stereocenters. The van der Waals surface area contributed by atoms with Gasteiger partial charge in [0.15, 0.2) is 5.13 Å². The third-order valence-corrected chi connectivity index (χ3v) is 7.91. The lowest BCUT2D eigenvalue weighted by Gasteiger charge is -2.35. The summed E-state index contributed by atoms with van der Waals surface area (Å²) in [6, 6.07) is 6.48. The van der Waals surface area contributed by atoms with Crippen LogP contribution in [0.2, 0.25) is 5.02 Å². The van der Waals surface area contributed by atoms with Gasteiger partial charge >= 0.3 is 12.1 Å². The van der Waals surface area contributed by atoms with Crippen LogP contribution in [0.1, 0.15) is 48.8 Å². The van der Waals surface area contributed by atoms with Gasteiger partial charge in [0.05, 0.1) is 16.9 Å². The second kappa shape index (κ2) is 14.8. The Morgan fingerprint density at radius 3 is 2.53 bits per heavy atom. The highest BCUT2D eigenvalue weighted by Crippen LogP contribution is 2.28. The van der Waals surface area contributed by atoms with Crippen LogP contribution in [0.15, 0.2) is 30.5 Å². The summed E-state index contributed by atoms with van der Waals surface area (Å²) >= 11 is 7.46. The molecule has 1 aromatic carbocycles. The average Bonchev–Trinajstić information content (AvgIpc) is 3.42. The van der Waals surface area contributed by atoms with Gasteiger partial charge in [-0.15, -0.1) is 0 Å². The average molecular weight is 659 g/mol. The van der Waals surface area contributed by atoms with Gasteiger partial charge < -0.3 is 30.3 Å². The molecule has 0 aliphatic carbocycles. The monoisotopic (exact) mass is 658 g/mol. The number of para-hydroxylation sites is 1. The number of aryl methyl sites for hydroxylation is 2. The first-order valence-corrected chi connectivity index (χ1v) is 15.8. The number of amides is 2. The number of alkyl carbamates (subject to hydrolysis) is 1. The summed E-state index contributed by atoms with van der Waals surface area (Å²) in [7, 11) is 0. The number of esters is 1. The predicted octanol–water partition coefficient (Wildman–Crippen LogP) is 4.78. The summed E-state index contributed by atoms with van der Waals surface area (Å²) in [5.41, 5.74) is 0.791. The van der Waals surface area contributed by atoms with Crippen LogP contribution in [0.3, 0.4) is 0 Å². The SMILES string of the molecule is Cc1nc(Nc2ncc(C(=O)Nc3c(C)cccc3Cl)s2)cc(N2CCN(CCOC(=O)C(C)NC(=O)OC(C)(C)C)CC2)n1. The molecule has 45 heavy (non-hydrogen) atoms. The number of ether oxygens (including phenoxy) is 2. The molecule has 15 heteroatoms. The number of nitrogens with one attached hydrogen (secondary N) is 3. The Morgan fingerprint density at radius 2 is 1.84 bits per heavy atom. The molecule has 3 aromatic rings. The van der Waals surface area contributed by atoms with E-state index in [-0.39, 0.29) is 12.5 Å². The molecule has 0 saturated carbocycles. The second-order valence-electron chi connectivity index (χ2n) is 11.6. The number of aromatic nitrogens is 3. The minimum absolute atomic E-state index is 0.214. The second-order valence-corrected chi connectivity index (χ2v) is 13.0. The van der Waals surface area contributed by atoms with E-state index in [1.54, 1.807) is 33.8 Å². The number of thiazole rings is 1. The van der Waals surface area contributed by atoms with E-state index >= 15 is 0 Å². The zero-order valence-electron chi connectivity index (χ0n) is 26.3. The molecule has 0 spiro atoms. The van der Waals surface area contributed by atoms with Crippen LogP contribution >= 0.6 is 22.9 Å². The summed E-state index contributed by atoms with van der Waals surface area (Å²) in [6.45, 7) is 14.3. The molecule has 2 aromatic heterocycles. The predicted molar refractivity (Wildman–Crippen MR) is 175 cm³/mol. The Labute approximate surface area is 271 Å². The smallest absolute Gasteiger partial charge is 0.408 e. The Bertz CT molecular complexity index is 1500. The van der Waals surface area contributed by atoms with Crippen molar-refractivity contribution in [3.63, 3.8) is 0 Å². The molecule has 1 unspecified atom stereocenters. The van der Waals surface area contributed by atoms with Gasteiger partial charge in [-0.05, 0) is 53.2 Å². The number of piperazine rings is 1. The van der Waals surface area contributed by atoms with Crippen molar-refractivity contribution in [3.8, 4) is 0 Å². The summed E-state index contributed by atoms with van der Waals surface area (Å²) in [4.78, 5) is 55.3. The van der Waals surface area contributed by atoms with Crippen LogP contribution in [0.5, 0.6) is 0 Å². The van der Waals surface area contributed by atoms with Crippen molar-refractivity contribution >= 4 is 63.4 Å². The van der Waals surface area contributed by atoms with Crippen LogP contribution < -0.4 is 20.9 Å². The third kappa shape index (κ3) is 9.99. The lowest BCUT2D eigenvalue weighted by atomic mass is 10.2. The number of halogens is 1. The molecular formula is C30H39ClN8O5S. The van der Waals surface area contributed by atoms with Crippen LogP contribution in [-0.4, -0.2) is 88.8 Å². The summed E-state index contributed by atoms with van der Waals surface area (Å²) in [6.07, 6.45) is 0.850. The van der Waals surface area contributed by atoms with Crippen LogP contribution in [0.25, 0.3) is 0 Å². The molecule has 3 N–H and O–H groups in total. The third-order valence-electron chi connectivity index (χ3n) is 6.68. The van der Waals surface area contributed by atoms with Crippen molar-refractivity contribution in [2.75, 3.05) is 54.9 Å². The van der Waals surface area contributed by atoms with E-state index < -0.39 is 23.7 Å². The molecule has 3 heterocycles. The van der Waals surface area contributed by atoms with Gasteiger partial charge in [0, 0.05) is 38.8 Å². The molecule has 0 radical (unpaired) electrons. The highest BCUT2D eigenvalue weighted by molar-refractivity contribution is 7.17. The van der Waals surface area contributed by atoms with E-state index in [0.29, 0.717) is 38.9 Å². The van der Waals surface area contributed by atoms with Crippen molar-refractivity contribution < 1.29 is 23.9 Å². The zero-order valence-corrected chi connectivity index (χ0v) is 27.8. The molecule has 1 fully saturated rings. The fourth-order valence-electron chi connectivity index (χ4n) is 4.43. The summed E-state index contributed by atoms with van der Waals surface area (Å²) in [5, 5.41) is 9.55. The number of carbonyl (C=O) groups excluding carboxylic acids is 3. The minimum Gasteiger partial charge on any atom is -0.463 e. The lowest BCUT2D eigenvalue weighted by molar-refractivity contribution is -0.146. The standard InChI is InChI=1S/C30H39ClN8O5S/c1-18-8-7-9-21(31)25(18)37-26(40)22-17-32-28(45-22)36-23-16-24(35-20(3)34-23)39-12-10-38(11-13-39)14-15-43-27(41)19(2)33-29(42)44-30(4,5)6/h7-9,16-17,19H,10-15H2,1-6H3,(H,33,42)(H,37,40)(H,32,34,35,36). The fourth-order valence-corrected chi connectivity index (χ4v) is 5.42. The van der Waals surface area contributed by atoms with Crippen LogP contribution in [0.4, 0.5) is 27.2 Å². The number of rotatable bonds is 10. The highest BCUT2D eigenvalue weighted by atomic mass is 35.5. The number of nitrogens with zero attached hydrogens (tertiary/aromatic N) is 5. The first kappa shape index (κ1) is 33.9. The largest absolute Gasteiger partial charge is 0.463 e. The van der Waals surface area contributed by atoms with Crippen molar-refractivity contribution in [2.45, 2.75) is 53.2 Å². The number of hydrogen-bond donors (Lipinski definition) is 3. The number of benzene rings is 1. The van der Waals surface area contributed by atoms with E-state index in [0.717, 1.165) is 37.6 Å². The van der Waals surface area contributed by atoms with Gasteiger partial charge in [0.25, 0.3) is 5.91 Å². The Kier molecular flexibility index (Phi) is 11.2. The number of anilines is 4. The molecule has 242 valence electrons. The Morgan fingerprint density at radius 1 is 1.11 bits per heavy atom.